The summed E-state index contributed by atoms with van der Waals surface area (Å²) in [6, 6.07) is 5.44. The molecule has 0 heterocycles. The monoisotopic (exact) mass is 528 g/mol. The number of hydrogen-bond acceptors (Lipinski definition) is 2. The van der Waals surface area contributed by atoms with Gasteiger partial charge in [-0.05, 0) is 18.4 Å². The number of carbonyl (C=O) groups excluding carboxylic acids is 2. The predicted molar refractivity (Wildman–Crippen MR) is 98.3 cm³/mol. The summed E-state index contributed by atoms with van der Waals surface area (Å²) in [5, 5.41) is 3.69. The van der Waals surface area contributed by atoms with Crippen molar-refractivity contribution in [2.75, 3.05) is 0 Å². The van der Waals surface area contributed by atoms with Crippen LogP contribution >= 0.6 is 0 Å². The molecule has 198 valence electrons. The highest BCUT2D eigenvalue weighted by molar-refractivity contribution is 5.85. The maximum atomic E-state index is 14.0. The van der Waals surface area contributed by atoms with Gasteiger partial charge in [0.25, 0.3) is 5.91 Å². The Morgan fingerprint density at radius 2 is 1.20 bits per heavy atom. The van der Waals surface area contributed by atoms with Crippen molar-refractivity contribution < 1.29 is 57.9 Å². The van der Waals surface area contributed by atoms with E-state index in [1.54, 1.807) is 30.3 Å². The van der Waals surface area contributed by atoms with E-state index in [0.717, 1.165) is 0 Å². The molecule has 0 spiro atoms. The molecule has 15 heteroatoms. The third-order valence-electron chi connectivity index (χ3n) is 5.46. The number of alkyl halides is 11. The molecule has 0 unspecified atom stereocenters. The van der Waals surface area contributed by atoms with Crippen molar-refractivity contribution in [3.8, 4) is 0 Å². The van der Waals surface area contributed by atoms with E-state index in [1.807, 2.05) is 0 Å². The molecule has 1 saturated carbocycles. The lowest BCUT2D eigenvalue weighted by Crippen LogP contribution is -2.70. The second kappa shape index (κ2) is 9.80. The molecular formula is C20H19F11N2O2. The Hall–Kier alpha value is -2.61. The molecule has 1 aromatic carbocycles. The zero-order valence-corrected chi connectivity index (χ0v) is 17.6. The molecule has 4 nitrogen and oxygen atoms in total. The summed E-state index contributed by atoms with van der Waals surface area (Å²) < 4.78 is 145. The van der Waals surface area contributed by atoms with Crippen LogP contribution in [0.2, 0.25) is 0 Å². The maximum absolute atomic E-state index is 14.0. The Morgan fingerprint density at radius 1 is 0.714 bits per heavy atom. The van der Waals surface area contributed by atoms with Gasteiger partial charge in [-0.25, -0.2) is 0 Å². The second-order valence-corrected chi connectivity index (χ2v) is 8.00. The summed E-state index contributed by atoms with van der Waals surface area (Å²) in [7, 11) is 0. The molecule has 2 amide bonds. The SMILES string of the molecule is O=C(Cc1ccccc1)N[C@@H]1CCCC[C@H]1NC(=O)C(F)(F)C(F)(F)C(F)(F)C(F)(F)C(F)(F)F. The standard InChI is InChI=1S/C20H19F11N2O2/c21-16(22,17(23,24)18(25,26)19(27,28)20(29,30)31)15(35)33-13-9-5-4-8-12(13)32-14(34)10-11-6-2-1-3-7-11/h1-3,6-7,12-13H,4-5,8-10H2,(H,32,34)(H,33,35)/t12-,13-/m1/s1. The lowest BCUT2D eigenvalue weighted by atomic mass is 9.89. The van der Waals surface area contributed by atoms with Gasteiger partial charge in [0.05, 0.1) is 6.42 Å². The Morgan fingerprint density at radius 3 is 1.69 bits per heavy atom. The van der Waals surface area contributed by atoms with E-state index in [0.29, 0.717) is 12.0 Å². The molecule has 1 aromatic rings. The highest BCUT2D eigenvalue weighted by atomic mass is 19.4. The largest absolute Gasteiger partial charge is 0.460 e. The van der Waals surface area contributed by atoms with Gasteiger partial charge in [0, 0.05) is 12.1 Å². The normalized spacial score (nSPS) is 20.3. The fraction of sp³-hybridized carbons (Fsp3) is 0.600. The van der Waals surface area contributed by atoms with Gasteiger partial charge < -0.3 is 10.6 Å². The fourth-order valence-electron chi connectivity index (χ4n) is 3.49. The summed E-state index contributed by atoms with van der Waals surface area (Å²) in [5.74, 6) is -33.2. The zero-order valence-electron chi connectivity index (χ0n) is 17.6. The molecule has 2 rings (SSSR count). The van der Waals surface area contributed by atoms with E-state index >= 15 is 0 Å². The number of halogens is 11. The first kappa shape index (κ1) is 28.6. The first-order chi connectivity index (χ1) is 15.9. The van der Waals surface area contributed by atoms with Crippen LogP contribution in [0.1, 0.15) is 31.2 Å². The van der Waals surface area contributed by atoms with Crippen molar-refractivity contribution in [1.29, 1.82) is 0 Å². The number of rotatable bonds is 8. The molecule has 1 aliphatic rings. The molecule has 2 N–H and O–H groups in total. The molecule has 1 aliphatic carbocycles. The third-order valence-corrected chi connectivity index (χ3v) is 5.46. The molecule has 0 saturated heterocycles. The first-order valence-electron chi connectivity index (χ1n) is 10.1. The third kappa shape index (κ3) is 5.47. The van der Waals surface area contributed by atoms with Crippen LogP contribution in [-0.4, -0.2) is 53.8 Å². The molecule has 35 heavy (non-hydrogen) atoms. The van der Waals surface area contributed by atoms with Crippen LogP contribution < -0.4 is 10.6 Å². The minimum absolute atomic E-state index is 0.0513. The molecule has 0 radical (unpaired) electrons. The van der Waals surface area contributed by atoms with Crippen LogP contribution in [0.5, 0.6) is 0 Å². The predicted octanol–water partition coefficient (Wildman–Crippen LogP) is 4.88. The second-order valence-electron chi connectivity index (χ2n) is 8.00. The number of nitrogens with one attached hydrogen (secondary N) is 2. The Balaban J connectivity index is 2.19. The van der Waals surface area contributed by atoms with Gasteiger partial charge >= 0.3 is 29.9 Å². The number of hydrogen-bond donors (Lipinski definition) is 2. The maximum Gasteiger partial charge on any atom is 0.460 e. The Kier molecular flexibility index (Phi) is 8.02. The smallest absolute Gasteiger partial charge is 0.351 e. The molecule has 0 aliphatic heterocycles. The summed E-state index contributed by atoms with van der Waals surface area (Å²) >= 11 is 0. The zero-order chi connectivity index (χ0) is 26.9. The van der Waals surface area contributed by atoms with Crippen LogP contribution in [0.15, 0.2) is 30.3 Å². The van der Waals surface area contributed by atoms with Crippen LogP contribution in [-0.2, 0) is 16.0 Å². The molecule has 0 bridgehead atoms. The highest BCUT2D eigenvalue weighted by Crippen LogP contribution is 2.57. The Labute approximate surface area is 191 Å². The van der Waals surface area contributed by atoms with Crippen molar-refractivity contribution >= 4 is 11.8 Å². The van der Waals surface area contributed by atoms with Crippen molar-refractivity contribution in [2.24, 2.45) is 0 Å². The minimum Gasteiger partial charge on any atom is -0.351 e. The number of benzene rings is 1. The lowest BCUT2D eigenvalue weighted by Gasteiger charge is -2.38. The first-order valence-corrected chi connectivity index (χ1v) is 10.1. The minimum atomic E-state index is -7.67. The van der Waals surface area contributed by atoms with E-state index in [4.69, 9.17) is 0 Å². The van der Waals surface area contributed by atoms with Crippen molar-refractivity contribution in [1.82, 2.24) is 10.6 Å². The van der Waals surface area contributed by atoms with Gasteiger partial charge in [-0.1, -0.05) is 43.2 Å². The van der Waals surface area contributed by atoms with E-state index in [-0.39, 0.29) is 25.7 Å². The number of amides is 2. The topological polar surface area (TPSA) is 58.2 Å². The number of carbonyl (C=O) groups is 2. The van der Waals surface area contributed by atoms with Crippen LogP contribution in [0, 0.1) is 0 Å². The lowest BCUT2D eigenvalue weighted by molar-refractivity contribution is -0.417. The summed E-state index contributed by atoms with van der Waals surface area (Å²) in [6.45, 7) is 0. The van der Waals surface area contributed by atoms with E-state index in [1.165, 1.54) is 5.32 Å². The summed E-state index contributed by atoms with van der Waals surface area (Å²) in [4.78, 5) is 24.0. The van der Waals surface area contributed by atoms with Gasteiger partial charge in [-0.2, -0.15) is 48.3 Å². The fourth-order valence-corrected chi connectivity index (χ4v) is 3.49. The molecule has 1 fully saturated rings. The average Bonchev–Trinajstić information content (AvgIpc) is 2.74. The van der Waals surface area contributed by atoms with E-state index in [9.17, 15) is 57.9 Å². The van der Waals surface area contributed by atoms with Crippen LogP contribution in [0.4, 0.5) is 48.3 Å². The molecule has 0 aromatic heterocycles. The summed E-state index contributed by atoms with van der Waals surface area (Å²) in [5.41, 5.74) is 0.542. The van der Waals surface area contributed by atoms with Gasteiger partial charge in [-0.15, -0.1) is 0 Å². The molecule has 2 atom stereocenters. The van der Waals surface area contributed by atoms with Gasteiger partial charge in [0.2, 0.25) is 5.91 Å². The molecular weight excluding hydrogens is 509 g/mol. The average molecular weight is 528 g/mol. The van der Waals surface area contributed by atoms with Crippen molar-refractivity contribution in [3.63, 3.8) is 0 Å². The van der Waals surface area contributed by atoms with Crippen LogP contribution in [0.3, 0.4) is 0 Å². The Bertz CT molecular complexity index is 904. The van der Waals surface area contributed by atoms with E-state index in [2.05, 4.69) is 5.32 Å². The van der Waals surface area contributed by atoms with Gasteiger partial charge in [0.15, 0.2) is 0 Å². The van der Waals surface area contributed by atoms with Gasteiger partial charge in [0.1, 0.15) is 0 Å². The highest BCUT2D eigenvalue weighted by Gasteiger charge is 2.88. The van der Waals surface area contributed by atoms with Crippen molar-refractivity contribution in [2.45, 2.75) is 74.1 Å². The quantitative estimate of drug-likeness (QED) is 0.473. The van der Waals surface area contributed by atoms with Gasteiger partial charge in [-0.3, -0.25) is 9.59 Å². The summed E-state index contributed by atoms with van der Waals surface area (Å²) in [6.07, 6.45) is -7.03. The van der Waals surface area contributed by atoms with Crippen molar-refractivity contribution in [3.05, 3.63) is 35.9 Å². The van der Waals surface area contributed by atoms with Crippen LogP contribution in [0.25, 0.3) is 0 Å². The van der Waals surface area contributed by atoms with E-state index < -0.39 is 53.8 Å².